The van der Waals surface area contributed by atoms with Gasteiger partial charge in [0.15, 0.2) is 0 Å². The van der Waals surface area contributed by atoms with Crippen LogP contribution in [0.5, 0.6) is 0 Å². The van der Waals surface area contributed by atoms with Crippen LogP contribution in [0.3, 0.4) is 0 Å². The van der Waals surface area contributed by atoms with E-state index in [1.54, 1.807) is 0 Å². The van der Waals surface area contributed by atoms with Crippen molar-refractivity contribution in [2.75, 3.05) is 18.4 Å². The Morgan fingerprint density at radius 1 is 0.900 bits per heavy atom. The molecule has 1 heterocycles. The number of hydrogen-bond donors (Lipinski definition) is 1. The van der Waals surface area contributed by atoms with Gasteiger partial charge in [-0.3, -0.25) is 4.79 Å². The van der Waals surface area contributed by atoms with E-state index in [4.69, 9.17) is 11.6 Å². The minimum Gasteiger partial charge on any atom is -0.322 e. The maximum atomic E-state index is 14.5. The molecule has 1 fully saturated rings. The fourth-order valence-corrected chi connectivity index (χ4v) is 5.18. The first kappa shape index (κ1) is 22.7. The van der Waals surface area contributed by atoms with Gasteiger partial charge in [0.2, 0.25) is 10.0 Å². The maximum Gasteiger partial charge on any atom is 0.255 e. The predicted molar refractivity (Wildman–Crippen MR) is 112 cm³/mol. The van der Waals surface area contributed by atoms with Gasteiger partial charge in [0.25, 0.3) is 5.91 Å². The summed E-state index contributed by atoms with van der Waals surface area (Å²) >= 11 is 5.71. The van der Waals surface area contributed by atoms with Crippen LogP contribution in [-0.2, 0) is 10.0 Å². The summed E-state index contributed by atoms with van der Waals surface area (Å²) in [5, 5.41) is 2.35. The van der Waals surface area contributed by atoms with Gasteiger partial charge in [-0.1, -0.05) is 37.3 Å². The van der Waals surface area contributed by atoms with Gasteiger partial charge in [0.1, 0.15) is 16.5 Å². The molecule has 0 saturated carbocycles. The summed E-state index contributed by atoms with van der Waals surface area (Å²) in [7, 11) is -4.08. The minimum absolute atomic E-state index is 0.0281. The number of carbonyl (C=O) groups excluding carboxylic acids is 1. The zero-order valence-corrected chi connectivity index (χ0v) is 17.9. The second-order valence-corrected chi connectivity index (χ2v) is 9.57. The predicted octanol–water partition coefficient (Wildman–Crippen LogP) is 5.22. The molecule has 162 valence electrons. The molecule has 1 aliphatic heterocycles. The number of nitrogens with zero attached hydrogens (tertiary/aromatic N) is 1. The van der Waals surface area contributed by atoms with E-state index in [0.717, 1.165) is 43.9 Å². The highest BCUT2D eigenvalue weighted by atomic mass is 35.5. The van der Waals surface area contributed by atoms with E-state index in [9.17, 15) is 22.0 Å². The van der Waals surface area contributed by atoms with Gasteiger partial charge in [0.05, 0.1) is 5.02 Å². The average Bonchev–Trinajstić information content (AvgIpc) is 2.85. The zero-order chi connectivity index (χ0) is 21.7. The van der Waals surface area contributed by atoms with E-state index >= 15 is 0 Å². The van der Waals surface area contributed by atoms with Crippen LogP contribution >= 0.6 is 11.6 Å². The number of carbonyl (C=O) groups is 1. The number of rotatable bonds is 4. The topological polar surface area (TPSA) is 66.5 Å². The van der Waals surface area contributed by atoms with E-state index in [2.05, 4.69) is 5.32 Å². The van der Waals surface area contributed by atoms with Gasteiger partial charge < -0.3 is 5.32 Å². The molecule has 0 atom stereocenters. The lowest BCUT2D eigenvalue weighted by atomic mass is 10.1. The fourth-order valence-electron chi connectivity index (χ4n) is 3.39. The fraction of sp³-hybridized carbons (Fsp3) is 0.381. The number of anilines is 1. The Bertz CT molecular complexity index is 1020. The maximum absolute atomic E-state index is 14.5. The molecule has 0 aliphatic carbocycles. The molecule has 0 aromatic heterocycles. The van der Waals surface area contributed by atoms with Crippen molar-refractivity contribution in [2.45, 2.75) is 43.4 Å². The molecular weight excluding hydrogens is 434 g/mol. The zero-order valence-electron chi connectivity index (χ0n) is 16.3. The Morgan fingerprint density at radius 2 is 1.50 bits per heavy atom. The standard InChI is InChI=1S/C21H23ClF2N2O3S/c22-17-14-16(8-10-18(17)23)25-21(27)15-7-9-19(24)20(13-15)30(28,29)26-11-5-3-1-2-4-6-12-26/h7-10,13-14H,1-6,11-12H2,(H,25,27). The van der Waals surface area contributed by atoms with Crippen molar-refractivity contribution >= 4 is 33.2 Å². The van der Waals surface area contributed by atoms with Crippen LogP contribution in [-0.4, -0.2) is 31.7 Å². The van der Waals surface area contributed by atoms with Crippen LogP contribution in [0, 0.1) is 11.6 Å². The molecule has 1 saturated heterocycles. The SMILES string of the molecule is O=C(Nc1ccc(F)c(Cl)c1)c1ccc(F)c(S(=O)(=O)N2CCCCCCCC2)c1. The molecule has 0 spiro atoms. The molecule has 2 aromatic carbocycles. The number of amides is 1. The van der Waals surface area contributed by atoms with E-state index in [1.165, 1.54) is 22.5 Å². The quantitative estimate of drug-likeness (QED) is 0.686. The largest absolute Gasteiger partial charge is 0.322 e. The van der Waals surface area contributed by atoms with Crippen molar-refractivity contribution in [1.82, 2.24) is 4.31 Å². The summed E-state index contributed by atoms with van der Waals surface area (Å²) in [6.45, 7) is 0.651. The Balaban J connectivity index is 1.85. The Kier molecular flexibility index (Phi) is 7.44. The first-order valence-corrected chi connectivity index (χ1v) is 11.7. The smallest absolute Gasteiger partial charge is 0.255 e. The van der Waals surface area contributed by atoms with Crippen molar-refractivity contribution in [1.29, 1.82) is 0 Å². The summed E-state index contributed by atoms with van der Waals surface area (Å²) < 4.78 is 55.3. The number of nitrogens with one attached hydrogen (secondary N) is 1. The first-order valence-electron chi connectivity index (χ1n) is 9.85. The van der Waals surface area contributed by atoms with Gasteiger partial charge in [-0.05, 0) is 49.2 Å². The highest BCUT2D eigenvalue weighted by Gasteiger charge is 2.28. The molecule has 30 heavy (non-hydrogen) atoms. The van der Waals surface area contributed by atoms with Crippen LogP contribution in [0.2, 0.25) is 5.02 Å². The molecule has 2 aromatic rings. The van der Waals surface area contributed by atoms with E-state index in [1.807, 2.05) is 0 Å². The van der Waals surface area contributed by atoms with Gasteiger partial charge in [-0.2, -0.15) is 4.31 Å². The monoisotopic (exact) mass is 456 g/mol. The van der Waals surface area contributed by atoms with Crippen LogP contribution < -0.4 is 5.32 Å². The molecule has 0 radical (unpaired) electrons. The average molecular weight is 457 g/mol. The molecule has 0 bridgehead atoms. The van der Waals surface area contributed by atoms with Crippen molar-refractivity contribution in [2.24, 2.45) is 0 Å². The minimum atomic E-state index is -4.08. The normalized spacial score (nSPS) is 16.4. The third kappa shape index (κ3) is 5.36. The molecule has 1 aliphatic rings. The van der Waals surface area contributed by atoms with Crippen LogP contribution in [0.1, 0.15) is 48.9 Å². The van der Waals surface area contributed by atoms with Gasteiger partial charge >= 0.3 is 0 Å². The van der Waals surface area contributed by atoms with Crippen LogP contribution in [0.4, 0.5) is 14.5 Å². The summed E-state index contributed by atoms with van der Waals surface area (Å²) in [6.07, 6.45) is 5.41. The van der Waals surface area contributed by atoms with Crippen molar-refractivity contribution < 1.29 is 22.0 Å². The van der Waals surface area contributed by atoms with Gasteiger partial charge in [-0.15, -0.1) is 0 Å². The number of benzene rings is 2. The Morgan fingerprint density at radius 3 is 2.13 bits per heavy atom. The third-order valence-corrected chi connectivity index (χ3v) is 7.26. The molecule has 9 heteroatoms. The molecule has 0 unspecified atom stereocenters. The molecule has 3 rings (SSSR count). The number of hydrogen-bond acceptors (Lipinski definition) is 3. The second-order valence-electron chi connectivity index (χ2n) is 7.25. The Hall–Kier alpha value is -2.03. The molecule has 1 amide bonds. The van der Waals surface area contributed by atoms with E-state index < -0.39 is 32.5 Å². The molecular formula is C21H23ClF2N2O3S. The van der Waals surface area contributed by atoms with Crippen LogP contribution in [0.15, 0.2) is 41.3 Å². The van der Waals surface area contributed by atoms with Crippen molar-refractivity contribution in [3.05, 3.63) is 58.6 Å². The summed E-state index contributed by atoms with van der Waals surface area (Å²) in [5.74, 6) is -2.19. The summed E-state index contributed by atoms with van der Waals surface area (Å²) in [4.78, 5) is 12.0. The molecule has 1 N–H and O–H groups in total. The van der Waals surface area contributed by atoms with Gasteiger partial charge in [0, 0.05) is 24.3 Å². The lowest BCUT2D eigenvalue weighted by Crippen LogP contribution is -2.33. The van der Waals surface area contributed by atoms with Crippen LogP contribution in [0.25, 0.3) is 0 Å². The van der Waals surface area contributed by atoms with Gasteiger partial charge in [-0.25, -0.2) is 17.2 Å². The van der Waals surface area contributed by atoms with E-state index in [0.29, 0.717) is 25.9 Å². The summed E-state index contributed by atoms with van der Waals surface area (Å²) in [6, 6.07) is 6.87. The van der Waals surface area contributed by atoms with Crippen molar-refractivity contribution in [3.8, 4) is 0 Å². The lowest BCUT2D eigenvalue weighted by molar-refractivity contribution is 0.102. The second kappa shape index (κ2) is 9.85. The first-order chi connectivity index (χ1) is 14.3. The Labute approximate surface area is 180 Å². The summed E-state index contributed by atoms with van der Waals surface area (Å²) in [5.41, 5.74) is 0.208. The number of halogens is 3. The molecule has 5 nitrogen and oxygen atoms in total. The lowest BCUT2D eigenvalue weighted by Gasteiger charge is -2.22. The van der Waals surface area contributed by atoms with Crippen molar-refractivity contribution in [3.63, 3.8) is 0 Å². The highest BCUT2D eigenvalue weighted by Crippen LogP contribution is 2.25. The highest BCUT2D eigenvalue weighted by molar-refractivity contribution is 7.89. The number of sulfonamides is 1. The van der Waals surface area contributed by atoms with E-state index in [-0.39, 0.29) is 16.3 Å². The third-order valence-electron chi connectivity index (χ3n) is 5.05.